The summed E-state index contributed by atoms with van der Waals surface area (Å²) in [5, 5.41) is 3.14. The van der Waals surface area contributed by atoms with Crippen molar-refractivity contribution < 1.29 is 9.59 Å². The molecule has 1 saturated carbocycles. The Bertz CT molecular complexity index is 569. The van der Waals surface area contributed by atoms with Crippen LogP contribution in [-0.4, -0.2) is 24.4 Å². The molecule has 1 aliphatic rings. The number of nitrogens with one attached hydrogen (secondary N) is 1. The number of benzene rings is 1. The Kier molecular flexibility index (Phi) is 7.48. The van der Waals surface area contributed by atoms with Crippen LogP contribution in [0.15, 0.2) is 18.2 Å². The zero-order valence-electron chi connectivity index (χ0n) is 15.9. The highest BCUT2D eigenvalue weighted by molar-refractivity contribution is 5.94. The van der Waals surface area contributed by atoms with Crippen molar-refractivity contribution in [2.75, 3.05) is 11.4 Å². The van der Waals surface area contributed by atoms with Crippen LogP contribution in [0.5, 0.6) is 0 Å². The monoisotopic (exact) mass is 344 g/mol. The topological polar surface area (TPSA) is 49.4 Å². The lowest BCUT2D eigenvalue weighted by Crippen LogP contribution is -2.39. The summed E-state index contributed by atoms with van der Waals surface area (Å²) in [6, 6.07) is 6.52. The number of amides is 2. The largest absolute Gasteiger partial charge is 0.353 e. The molecule has 0 unspecified atom stereocenters. The second kappa shape index (κ2) is 9.59. The fraction of sp³-hybridized carbons (Fsp3) is 0.619. The fourth-order valence-corrected chi connectivity index (χ4v) is 3.75. The summed E-state index contributed by atoms with van der Waals surface area (Å²) >= 11 is 0. The van der Waals surface area contributed by atoms with E-state index < -0.39 is 0 Å². The number of hydrogen-bond acceptors (Lipinski definition) is 2. The summed E-state index contributed by atoms with van der Waals surface area (Å²) in [4.78, 5) is 26.4. The van der Waals surface area contributed by atoms with Crippen LogP contribution < -0.4 is 10.2 Å². The Balaban J connectivity index is 2.06. The van der Waals surface area contributed by atoms with Crippen LogP contribution in [0, 0.1) is 0 Å². The molecule has 25 heavy (non-hydrogen) atoms. The molecule has 0 heterocycles. The molecule has 0 spiro atoms. The zero-order valence-corrected chi connectivity index (χ0v) is 15.9. The molecule has 4 heteroatoms. The average molecular weight is 344 g/mol. The first-order valence-electron chi connectivity index (χ1n) is 9.75. The second-order valence-electron chi connectivity index (χ2n) is 6.96. The van der Waals surface area contributed by atoms with E-state index in [1.807, 2.05) is 0 Å². The minimum Gasteiger partial charge on any atom is -0.353 e. The molecule has 0 bridgehead atoms. The van der Waals surface area contributed by atoms with E-state index in [1.165, 1.54) is 30.4 Å². The number of aryl methyl sites for hydroxylation is 2. The third kappa shape index (κ3) is 5.32. The van der Waals surface area contributed by atoms with Crippen molar-refractivity contribution in [2.45, 2.75) is 78.2 Å². The van der Waals surface area contributed by atoms with Crippen molar-refractivity contribution in [3.8, 4) is 0 Å². The molecule has 4 nitrogen and oxygen atoms in total. The van der Waals surface area contributed by atoms with Gasteiger partial charge in [0.1, 0.15) is 0 Å². The van der Waals surface area contributed by atoms with E-state index >= 15 is 0 Å². The first-order chi connectivity index (χ1) is 12.1. The predicted molar refractivity (Wildman–Crippen MR) is 103 cm³/mol. The molecular formula is C21H32N2O2. The quantitative estimate of drug-likeness (QED) is 0.812. The molecule has 1 aliphatic carbocycles. The van der Waals surface area contributed by atoms with E-state index in [1.54, 1.807) is 11.8 Å². The van der Waals surface area contributed by atoms with Gasteiger partial charge in [0, 0.05) is 31.6 Å². The SMILES string of the molecule is CCc1cccc(CC)c1N(CCC(=O)NC1CCCCC1)C(C)=O. The number of hydrogen-bond donors (Lipinski definition) is 1. The Morgan fingerprint density at radius 1 is 1.08 bits per heavy atom. The van der Waals surface area contributed by atoms with Crippen LogP contribution in [0.1, 0.15) is 70.4 Å². The van der Waals surface area contributed by atoms with Gasteiger partial charge >= 0.3 is 0 Å². The van der Waals surface area contributed by atoms with Crippen molar-refractivity contribution in [1.82, 2.24) is 5.32 Å². The normalized spacial score (nSPS) is 15.0. The number of nitrogens with zero attached hydrogens (tertiary/aromatic N) is 1. The van der Waals surface area contributed by atoms with Crippen molar-refractivity contribution in [2.24, 2.45) is 0 Å². The Hall–Kier alpha value is -1.84. The Morgan fingerprint density at radius 3 is 2.20 bits per heavy atom. The second-order valence-corrected chi connectivity index (χ2v) is 6.96. The van der Waals surface area contributed by atoms with Gasteiger partial charge in [-0.15, -0.1) is 0 Å². The maximum Gasteiger partial charge on any atom is 0.223 e. The van der Waals surface area contributed by atoms with Gasteiger partial charge in [-0.3, -0.25) is 9.59 Å². The molecule has 0 aliphatic heterocycles. The van der Waals surface area contributed by atoms with Crippen molar-refractivity contribution in [3.05, 3.63) is 29.3 Å². The first kappa shape index (κ1) is 19.5. The lowest BCUT2D eigenvalue weighted by Gasteiger charge is -2.27. The number of rotatable bonds is 7. The molecule has 1 aromatic carbocycles. The van der Waals surface area contributed by atoms with Crippen LogP contribution >= 0.6 is 0 Å². The van der Waals surface area contributed by atoms with Gasteiger partial charge in [-0.05, 0) is 36.8 Å². The third-order valence-corrected chi connectivity index (χ3v) is 5.15. The van der Waals surface area contributed by atoms with Crippen LogP contribution in [-0.2, 0) is 22.4 Å². The lowest BCUT2D eigenvalue weighted by molar-refractivity contribution is -0.121. The maximum absolute atomic E-state index is 12.3. The maximum atomic E-state index is 12.3. The van der Waals surface area contributed by atoms with Crippen LogP contribution in [0.2, 0.25) is 0 Å². The van der Waals surface area contributed by atoms with Gasteiger partial charge in [-0.1, -0.05) is 51.3 Å². The molecule has 1 aromatic rings. The average Bonchev–Trinajstić information content (AvgIpc) is 2.62. The standard InChI is InChI=1S/C21H32N2O2/c1-4-17-10-9-11-18(5-2)21(17)23(16(3)24)15-14-20(25)22-19-12-7-6-8-13-19/h9-11,19H,4-8,12-15H2,1-3H3,(H,22,25). The number of carbonyl (C=O) groups excluding carboxylic acids is 2. The summed E-state index contributed by atoms with van der Waals surface area (Å²) in [7, 11) is 0. The minimum atomic E-state index is 0.000987. The highest BCUT2D eigenvalue weighted by Gasteiger charge is 2.20. The summed E-state index contributed by atoms with van der Waals surface area (Å²) in [6.45, 7) is 6.24. The Morgan fingerprint density at radius 2 is 1.68 bits per heavy atom. The van der Waals surface area contributed by atoms with Crippen molar-refractivity contribution >= 4 is 17.5 Å². The van der Waals surface area contributed by atoms with Gasteiger partial charge in [-0.25, -0.2) is 0 Å². The summed E-state index contributed by atoms with van der Waals surface area (Å²) in [5.41, 5.74) is 3.34. The highest BCUT2D eigenvalue weighted by atomic mass is 16.2. The van der Waals surface area contributed by atoms with Gasteiger partial charge < -0.3 is 10.2 Å². The van der Waals surface area contributed by atoms with Crippen molar-refractivity contribution in [3.63, 3.8) is 0 Å². The van der Waals surface area contributed by atoms with Crippen molar-refractivity contribution in [1.29, 1.82) is 0 Å². The molecule has 1 fully saturated rings. The summed E-state index contributed by atoms with van der Waals surface area (Å²) in [5.74, 6) is 0.0613. The van der Waals surface area contributed by atoms with E-state index in [4.69, 9.17) is 0 Å². The number of carbonyl (C=O) groups is 2. The van der Waals surface area contributed by atoms with Crippen LogP contribution in [0.25, 0.3) is 0 Å². The molecule has 0 atom stereocenters. The first-order valence-corrected chi connectivity index (χ1v) is 9.75. The van der Waals surface area contributed by atoms with Gasteiger partial charge in [0.05, 0.1) is 0 Å². The third-order valence-electron chi connectivity index (χ3n) is 5.15. The van der Waals surface area contributed by atoms with Gasteiger partial charge in [0.15, 0.2) is 0 Å². The van der Waals surface area contributed by atoms with E-state index in [0.717, 1.165) is 31.4 Å². The molecule has 138 valence electrons. The summed E-state index contributed by atoms with van der Waals surface area (Å²) in [6.07, 6.45) is 7.96. The van der Waals surface area contributed by atoms with Gasteiger partial charge in [0.2, 0.25) is 11.8 Å². The number of para-hydroxylation sites is 1. The predicted octanol–water partition coefficient (Wildman–Crippen LogP) is 4.00. The highest BCUT2D eigenvalue weighted by Crippen LogP contribution is 2.27. The molecule has 2 amide bonds. The number of anilines is 1. The van der Waals surface area contributed by atoms with E-state index in [0.29, 0.717) is 19.0 Å². The zero-order chi connectivity index (χ0) is 18.2. The van der Waals surface area contributed by atoms with Gasteiger partial charge in [-0.2, -0.15) is 0 Å². The summed E-state index contributed by atoms with van der Waals surface area (Å²) < 4.78 is 0. The molecule has 1 N–H and O–H groups in total. The van der Waals surface area contributed by atoms with E-state index in [-0.39, 0.29) is 11.8 Å². The molecule has 0 saturated heterocycles. The van der Waals surface area contributed by atoms with Crippen LogP contribution in [0.4, 0.5) is 5.69 Å². The molecular weight excluding hydrogens is 312 g/mol. The molecule has 0 radical (unpaired) electrons. The van der Waals surface area contributed by atoms with E-state index in [2.05, 4.69) is 37.4 Å². The van der Waals surface area contributed by atoms with E-state index in [9.17, 15) is 9.59 Å². The van der Waals surface area contributed by atoms with Gasteiger partial charge in [0.25, 0.3) is 0 Å². The Labute approximate surface area is 152 Å². The minimum absolute atomic E-state index is 0.000987. The fourth-order valence-electron chi connectivity index (χ4n) is 3.75. The molecule has 0 aromatic heterocycles. The smallest absolute Gasteiger partial charge is 0.223 e. The van der Waals surface area contributed by atoms with Crippen LogP contribution in [0.3, 0.4) is 0 Å². The molecule has 2 rings (SSSR count). The lowest BCUT2D eigenvalue weighted by atomic mass is 9.95.